The van der Waals surface area contributed by atoms with Crippen LogP contribution >= 0.6 is 0 Å². The summed E-state index contributed by atoms with van der Waals surface area (Å²) in [5.41, 5.74) is 1.12. The summed E-state index contributed by atoms with van der Waals surface area (Å²) in [6.45, 7) is 5.88. The van der Waals surface area contributed by atoms with Crippen molar-refractivity contribution < 1.29 is 14.6 Å². The van der Waals surface area contributed by atoms with Gasteiger partial charge in [0, 0.05) is 13.1 Å². The van der Waals surface area contributed by atoms with Gasteiger partial charge in [-0.25, -0.2) is 4.79 Å². The minimum atomic E-state index is -0.978. The van der Waals surface area contributed by atoms with Crippen LogP contribution in [0.4, 0.5) is 0 Å². The average Bonchev–Trinajstić information content (AvgIpc) is 2.96. The van der Waals surface area contributed by atoms with Crippen LogP contribution in [0.15, 0.2) is 30.6 Å². The molecule has 1 aromatic heterocycles. The molecule has 0 fully saturated rings. The Hall–Kier alpha value is -2.41. The van der Waals surface area contributed by atoms with Crippen LogP contribution in [0.1, 0.15) is 25.2 Å². The number of carbonyl (C=O) groups is 1. The van der Waals surface area contributed by atoms with E-state index in [1.54, 1.807) is 18.5 Å². The van der Waals surface area contributed by atoms with Crippen molar-refractivity contribution in [1.82, 2.24) is 19.7 Å². The maximum atomic E-state index is 10.8. The maximum Gasteiger partial charge on any atom is 0.344 e. The van der Waals surface area contributed by atoms with Crippen LogP contribution in [0.3, 0.4) is 0 Å². The van der Waals surface area contributed by atoms with Crippen molar-refractivity contribution >= 4 is 5.97 Å². The molecule has 7 heteroatoms. The molecule has 0 saturated heterocycles. The van der Waals surface area contributed by atoms with Gasteiger partial charge in [-0.3, -0.25) is 4.90 Å². The maximum absolute atomic E-state index is 10.8. The fourth-order valence-corrected chi connectivity index (χ4v) is 2.20. The number of carboxylic acids is 1. The van der Waals surface area contributed by atoms with Crippen LogP contribution in [-0.4, -0.2) is 43.9 Å². The highest BCUT2D eigenvalue weighted by atomic mass is 16.5. The summed E-state index contributed by atoms with van der Waals surface area (Å²) in [4.78, 5) is 12.9. The van der Waals surface area contributed by atoms with Crippen LogP contribution in [0.5, 0.6) is 5.75 Å². The molecule has 7 nitrogen and oxygen atoms in total. The molecular weight excluding hydrogens is 296 g/mol. The van der Waals surface area contributed by atoms with Crippen molar-refractivity contribution in [2.45, 2.75) is 39.6 Å². The minimum Gasteiger partial charge on any atom is -0.479 e. The van der Waals surface area contributed by atoms with E-state index in [1.165, 1.54) is 6.92 Å². The van der Waals surface area contributed by atoms with Gasteiger partial charge >= 0.3 is 5.97 Å². The molecule has 124 valence electrons. The second kappa shape index (κ2) is 7.73. The summed E-state index contributed by atoms with van der Waals surface area (Å²) < 4.78 is 7.33. The third-order valence-electron chi connectivity index (χ3n) is 3.48. The van der Waals surface area contributed by atoms with Crippen LogP contribution in [0, 0.1) is 0 Å². The lowest BCUT2D eigenvalue weighted by Gasteiger charge is -2.17. The number of aromatic nitrogens is 3. The second-order valence-corrected chi connectivity index (χ2v) is 5.45. The number of benzene rings is 1. The van der Waals surface area contributed by atoms with Crippen LogP contribution < -0.4 is 4.74 Å². The van der Waals surface area contributed by atoms with E-state index >= 15 is 0 Å². The molecule has 0 bridgehead atoms. The predicted molar refractivity (Wildman–Crippen MR) is 85.0 cm³/mol. The van der Waals surface area contributed by atoms with Gasteiger partial charge in [0.25, 0.3) is 0 Å². The van der Waals surface area contributed by atoms with Gasteiger partial charge in [-0.15, -0.1) is 10.2 Å². The Morgan fingerprint density at radius 2 is 2.04 bits per heavy atom. The Kier molecular flexibility index (Phi) is 5.70. The molecule has 1 aromatic carbocycles. The van der Waals surface area contributed by atoms with Gasteiger partial charge in [-0.05, 0) is 38.6 Å². The second-order valence-electron chi connectivity index (χ2n) is 5.45. The lowest BCUT2D eigenvalue weighted by atomic mass is 10.2. The third kappa shape index (κ3) is 4.79. The number of aliphatic carboxylic acids is 1. The Morgan fingerprint density at radius 1 is 1.35 bits per heavy atom. The number of rotatable bonds is 8. The number of carboxylic acid groups (broad SMARTS) is 1. The number of aryl methyl sites for hydroxylation is 1. The molecule has 23 heavy (non-hydrogen) atoms. The number of hydrogen-bond donors (Lipinski definition) is 1. The molecule has 2 aromatic rings. The van der Waals surface area contributed by atoms with Crippen molar-refractivity contribution in [3.8, 4) is 5.75 Å². The fraction of sp³-hybridized carbons (Fsp3) is 0.438. The van der Waals surface area contributed by atoms with Gasteiger partial charge in [0.1, 0.15) is 17.9 Å². The summed E-state index contributed by atoms with van der Waals surface area (Å²) in [7, 11) is 2.02. The van der Waals surface area contributed by atoms with Crippen LogP contribution in [0.2, 0.25) is 0 Å². The normalized spacial score (nSPS) is 12.3. The molecule has 1 heterocycles. The molecule has 0 aliphatic heterocycles. The van der Waals surface area contributed by atoms with Gasteiger partial charge in [-0.1, -0.05) is 12.1 Å². The van der Waals surface area contributed by atoms with E-state index in [0.717, 1.165) is 24.5 Å². The van der Waals surface area contributed by atoms with E-state index in [4.69, 9.17) is 9.84 Å². The summed E-state index contributed by atoms with van der Waals surface area (Å²) in [6, 6.07) is 7.45. The Morgan fingerprint density at radius 3 is 2.65 bits per heavy atom. The Bertz CT molecular complexity index is 639. The Balaban J connectivity index is 1.91. The first-order valence-electron chi connectivity index (χ1n) is 7.53. The number of nitrogens with zero attached hydrogens (tertiary/aromatic N) is 4. The molecule has 0 unspecified atom stereocenters. The van der Waals surface area contributed by atoms with Crippen molar-refractivity contribution in [2.75, 3.05) is 7.05 Å². The lowest BCUT2D eigenvalue weighted by molar-refractivity contribution is -0.144. The summed E-state index contributed by atoms with van der Waals surface area (Å²) >= 11 is 0. The van der Waals surface area contributed by atoms with E-state index < -0.39 is 12.1 Å². The first kappa shape index (κ1) is 17.0. The SMILES string of the molecule is CCn1cnnc1CN(C)Cc1ccc(O[C@H](C)C(=O)O)cc1. The average molecular weight is 318 g/mol. The highest BCUT2D eigenvalue weighted by Crippen LogP contribution is 2.15. The van der Waals surface area contributed by atoms with Crippen molar-refractivity contribution in [3.63, 3.8) is 0 Å². The summed E-state index contributed by atoms with van der Waals surface area (Å²) in [5.74, 6) is 0.510. The van der Waals surface area contributed by atoms with E-state index in [9.17, 15) is 4.79 Å². The van der Waals surface area contributed by atoms with Crippen molar-refractivity contribution in [3.05, 3.63) is 42.0 Å². The quantitative estimate of drug-likeness (QED) is 0.799. The van der Waals surface area contributed by atoms with E-state index in [2.05, 4.69) is 22.0 Å². The molecule has 0 spiro atoms. The standard InChI is InChI=1S/C16H22N4O3/c1-4-20-11-17-18-15(20)10-19(3)9-13-5-7-14(8-6-13)23-12(2)16(21)22/h5-8,11-12H,4,9-10H2,1-3H3,(H,21,22)/t12-/m1/s1. The molecule has 0 amide bonds. The molecule has 0 saturated carbocycles. The molecular formula is C16H22N4O3. The smallest absolute Gasteiger partial charge is 0.344 e. The molecule has 0 radical (unpaired) electrons. The summed E-state index contributed by atoms with van der Waals surface area (Å²) in [5, 5.41) is 16.9. The van der Waals surface area contributed by atoms with Gasteiger partial charge < -0.3 is 14.4 Å². The van der Waals surface area contributed by atoms with Gasteiger partial charge in [0.2, 0.25) is 0 Å². The summed E-state index contributed by atoms with van der Waals surface area (Å²) in [6.07, 6.45) is 0.878. The number of hydrogen-bond acceptors (Lipinski definition) is 5. The van der Waals surface area contributed by atoms with Crippen molar-refractivity contribution in [2.24, 2.45) is 0 Å². The molecule has 0 aliphatic rings. The van der Waals surface area contributed by atoms with Crippen molar-refractivity contribution in [1.29, 1.82) is 0 Å². The first-order chi connectivity index (χ1) is 11.0. The third-order valence-corrected chi connectivity index (χ3v) is 3.48. The van der Waals surface area contributed by atoms with Crippen LogP contribution in [0.25, 0.3) is 0 Å². The highest BCUT2D eigenvalue weighted by Gasteiger charge is 2.12. The van der Waals surface area contributed by atoms with Gasteiger partial charge in [0.05, 0.1) is 6.54 Å². The van der Waals surface area contributed by atoms with E-state index in [1.807, 2.05) is 23.7 Å². The zero-order valence-corrected chi connectivity index (χ0v) is 13.6. The molecule has 2 rings (SSSR count). The first-order valence-corrected chi connectivity index (χ1v) is 7.53. The van der Waals surface area contributed by atoms with E-state index in [0.29, 0.717) is 12.3 Å². The zero-order chi connectivity index (χ0) is 16.8. The van der Waals surface area contributed by atoms with Crippen LogP contribution in [-0.2, 0) is 24.4 Å². The molecule has 1 atom stereocenters. The monoisotopic (exact) mass is 318 g/mol. The fourth-order valence-electron chi connectivity index (χ4n) is 2.20. The molecule has 1 N–H and O–H groups in total. The minimum absolute atomic E-state index is 0.553. The lowest BCUT2D eigenvalue weighted by Crippen LogP contribution is -2.23. The topological polar surface area (TPSA) is 80.5 Å². The number of ether oxygens (including phenoxy) is 1. The van der Waals surface area contributed by atoms with Gasteiger partial charge in [-0.2, -0.15) is 0 Å². The highest BCUT2D eigenvalue weighted by molar-refractivity contribution is 5.72. The molecule has 0 aliphatic carbocycles. The largest absolute Gasteiger partial charge is 0.479 e. The van der Waals surface area contributed by atoms with Gasteiger partial charge in [0.15, 0.2) is 6.10 Å². The van der Waals surface area contributed by atoms with E-state index in [-0.39, 0.29) is 0 Å². The predicted octanol–water partition coefficient (Wildman–Crippen LogP) is 1.78. The zero-order valence-electron chi connectivity index (χ0n) is 13.6. The Labute approximate surface area is 135 Å².